The molecule has 0 aliphatic carbocycles. The summed E-state index contributed by atoms with van der Waals surface area (Å²) in [6.07, 6.45) is 0.130. The van der Waals surface area contributed by atoms with E-state index in [1.54, 1.807) is 0 Å². The van der Waals surface area contributed by atoms with Crippen LogP contribution in [0.25, 0.3) is 0 Å². The molecule has 1 atom stereocenters. The number of halogens is 1. The molecule has 0 amide bonds. The molecule has 1 saturated heterocycles. The van der Waals surface area contributed by atoms with Crippen LogP contribution in [0.4, 0.5) is 15.9 Å². The zero-order valence-corrected chi connectivity index (χ0v) is 8.93. The third kappa shape index (κ3) is 2.24. The van der Waals surface area contributed by atoms with E-state index < -0.39 is 16.9 Å². The summed E-state index contributed by atoms with van der Waals surface area (Å²) in [6.45, 7) is 0.233. The van der Waals surface area contributed by atoms with Crippen LogP contribution in [0.2, 0.25) is 0 Å². The highest BCUT2D eigenvalue weighted by Gasteiger charge is 2.29. The number of anilines is 1. The van der Waals surface area contributed by atoms with E-state index in [0.717, 1.165) is 6.20 Å². The second-order valence-electron chi connectivity index (χ2n) is 3.84. The van der Waals surface area contributed by atoms with Gasteiger partial charge in [-0.1, -0.05) is 0 Å². The van der Waals surface area contributed by atoms with Crippen LogP contribution in [0, 0.1) is 10.1 Å². The van der Waals surface area contributed by atoms with Crippen molar-refractivity contribution < 1.29 is 14.1 Å². The van der Waals surface area contributed by atoms with E-state index in [1.807, 2.05) is 0 Å². The molecule has 1 aromatic rings. The molecule has 92 valence electrons. The first kappa shape index (κ1) is 11.5. The van der Waals surface area contributed by atoms with E-state index >= 15 is 0 Å². The number of aromatic nitrogens is 2. The van der Waals surface area contributed by atoms with Crippen molar-refractivity contribution in [1.82, 2.24) is 10.2 Å². The van der Waals surface area contributed by atoms with Crippen LogP contribution >= 0.6 is 0 Å². The number of hydrogen-bond acceptors (Lipinski definition) is 5. The normalized spacial score (nSPS) is 21.4. The van der Waals surface area contributed by atoms with Crippen molar-refractivity contribution in [3.8, 4) is 0 Å². The van der Waals surface area contributed by atoms with Crippen LogP contribution in [0.5, 0.6) is 0 Å². The molecule has 1 unspecified atom stereocenters. The largest absolute Gasteiger partial charge is 0.348 e. The van der Waals surface area contributed by atoms with Crippen LogP contribution in [-0.4, -0.2) is 40.2 Å². The summed E-state index contributed by atoms with van der Waals surface area (Å²) in [4.78, 5) is 22.8. The number of aromatic amines is 1. The number of nitrogens with zero attached hydrogens (tertiary/aromatic N) is 3. The third-order valence-electron chi connectivity index (χ3n) is 2.69. The number of carbonyl (C=O) groups excluding carboxylic acids is 1. The second-order valence-corrected chi connectivity index (χ2v) is 3.84. The molecule has 0 bridgehead atoms. The minimum absolute atomic E-state index is 0.160. The highest BCUT2D eigenvalue weighted by atomic mass is 19.1. The summed E-state index contributed by atoms with van der Waals surface area (Å²) < 4.78 is 13.4. The van der Waals surface area contributed by atoms with E-state index in [4.69, 9.17) is 0 Å². The minimum Gasteiger partial charge on any atom is -0.348 e. The lowest BCUT2D eigenvalue weighted by atomic mass is 10.2. The van der Waals surface area contributed by atoms with Crippen molar-refractivity contribution in [2.75, 3.05) is 18.0 Å². The van der Waals surface area contributed by atoms with Gasteiger partial charge < -0.3 is 4.90 Å². The summed E-state index contributed by atoms with van der Waals surface area (Å²) in [5.41, 5.74) is -0.202. The van der Waals surface area contributed by atoms with Crippen molar-refractivity contribution in [3.05, 3.63) is 16.3 Å². The van der Waals surface area contributed by atoms with Gasteiger partial charge in [-0.25, -0.2) is 4.39 Å². The van der Waals surface area contributed by atoms with Crippen LogP contribution in [-0.2, 0) is 4.79 Å². The number of ketones is 1. The molecule has 0 aromatic carbocycles. The van der Waals surface area contributed by atoms with E-state index in [-0.39, 0.29) is 24.5 Å². The van der Waals surface area contributed by atoms with Gasteiger partial charge >= 0.3 is 5.69 Å². The van der Waals surface area contributed by atoms with Crippen molar-refractivity contribution in [3.63, 3.8) is 0 Å². The highest BCUT2D eigenvalue weighted by molar-refractivity contribution is 5.84. The number of carbonyl (C=O) groups is 1. The number of hydrogen-bond donors (Lipinski definition) is 1. The van der Waals surface area contributed by atoms with Gasteiger partial charge in [0.2, 0.25) is 5.82 Å². The third-order valence-corrected chi connectivity index (χ3v) is 2.69. The first-order valence-corrected chi connectivity index (χ1v) is 5.19. The fourth-order valence-electron chi connectivity index (χ4n) is 1.83. The van der Waals surface area contributed by atoms with Gasteiger partial charge in [-0.15, -0.1) is 0 Å². The standard InChI is InChI=1S/C9H11FN4O3/c10-6-5-13(3-1-2-8(6)15)9-7(14(16)17)4-11-12-9/h4,6H,1-3,5H2,(H,11,12). The lowest BCUT2D eigenvalue weighted by Gasteiger charge is -2.19. The predicted molar refractivity (Wildman–Crippen MR) is 56.6 cm³/mol. The molecule has 2 rings (SSSR count). The van der Waals surface area contributed by atoms with Gasteiger partial charge in [0.1, 0.15) is 6.20 Å². The van der Waals surface area contributed by atoms with Crippen LogP contribution in [0.15, 0.2) is 6.20 Å². The first-order chi connectivity index (χ1) is 8.09. The molecular formula is C9H11FN4O3. The van der Waals surface area contributed by atoms with Gasteiger partial charge in [0, 0.05) is 13.0 Å². The molecule has 7 nitrogen and oxygen atoms in total. The van der Waals surface area contributed by atoms with E-state index in [0.29, 0.717) is 13.0 Å². The summed E-state index contributed by atoms with van der Waals surface area (Å²) in [6, 6.07) is 0. The number of rotatable bonds is 2. The van der Waals surface area contributed by atoms with Crippen LogP contribution in [0.1, 0.15) is 12.8 Å². The summed E-state index contributed by atoms with van der Waals surface area (Å²) in [5.74, 6) is -0.290. The first-order valence-electron chi connectivity index (χ1n) is 5.19. The average Bonchev–Trinajstić information content (AvgIpc) is 2.70. The summed E-state index contributed by atoms with van der Waals surface area (Å²) >= 11 is 0. The summed E-state index contributed by atoms with van der Waals surface area (Å²) in [5, 5.41) is 16.8. The van der Waals surface area contributed by atoms with Gasteiger partial charge in [0.25, 0.3) is 0 Å². The number of alkyl halides is 1. The van der Waals surface area contributed by atoms with Gasteiger partial charge in [0.05, 0.1) is 11.5 Å². The molecule has 1 fully saturated rings. The average molecular weight is 242 g/mol. The van der Waals surface area contributed by atoms with Gasteiger partial charge in [-0.05, 0) is 6.42 Å². The fourth-order valence-corrected chi connectivity index (χ4v) is 1.83. The van der Waals surface area contributed by atoms with Crippen molar-refractivity contribution in [2.24, 2.45) is 0 Å². The Morgan fingerprint density at radius 1 is 1.65 bits per heavy atom. The molecule has 0 saturated carbocycles. The molecule has 0 spiro atoms. The van der Waals surface area contributed by atoms with E-state index in [1.165, 1.54) is 4.90 Å². The molecule has 0 radical (unpaired) electrons. The second kappa shape index (κ2) is 4.48. The molecule has 8 heteroatoms. The van der Waals surface area contributed by atoms with Crippen molar-refractivity contribution >= 4 is 17.3 Å². The summed E-state index contributed by atoms with van der Waals surface area (Å²) in [7, 11) is 0. The smallest absolute Gasteiger partial charge is 0.330 e. The lowest BCUT2D eigenvalue weighted by molar-refractivity contribution is -0.384. The van der Waals surface area contributed by atoms with Gasteiger partial charge in [-0.3, -0.25) is 20.0 Å². The Balaban J connectivity index is 2.24. The van der Waals surface area contributed by atoms with Crippen LogP contribution in [0.3, 0.4) is 0 Å². The highest BCUT2D eigenvalue weighted by Crippen LogP contribution is 2.26. The SMILES string of the molecule is O=C1CCCN(c2[nH]ncc2[N+](=O)[O-])CC1F. The zero-order chi connectivity index (χ0) is 12.4. The molecule has 1 N–H and O–H groups in total. The minimum atomic E-state index is -1.60. The lowest BCUT2D eigenvalue weighted by Crippen LogP contribution is -2.32. The topological polar surface area (TPSA) is 92.1 Å². The van der Waals surface area contributed by atoms with Crippen LogP contribution < -0.4 is 4.90 Å². The molecule has 1 aromatic heterocycles. The number of H-pyrrole nitrogens is 1. The van der Waals surface area contributed by atoms with Crippen molar-refractivity contribution in [1.29, 1.82) is 0 Å². The number of nitro groups is 1. The Labute approximate surface area is 95.8 Å². The monoisotopic (exact) mass is 242 g/mol. The quantitative estimate of drug-likeness (QED) is 0.612. The maximum absolute atomic E-state index is 13.4. The van der Waals surface area contributed by atoms with E-state index in [9.17, 15) is 19.3 Å². The number of Topliss-reactive ketones (excluding diaryl/α,β-unsaturated/α-hetero) is 1. The molecule has 17 heavy (non-hydrogen) atoms. The maximum atomic E-state index is 13.4. The molecular weight excluding hydrogens is 231 g/mol. The Morgan fingerprint density at radius 3 is 3.12 bits per heavy atom. The Morgan fingerprint density at radius 2 is 2.41 bits per heavy atom. The maximum Gasteiger partial charge on any atom is 0.330 e. The van der Waals surface area contributed by atoms with Gasteiger partial charge in [-0.2, -0.15) is 5.10 Å². The Hall–Kier alpha value is -1.99. The molecule has 2 heterocycles. The van der Waals surface area contributed by atoms with Crippen molar-refractivity contribution in [2.45, 2.75) is 19.0 Å². The predicted octanol–water partition coefficient (Wildman–Crippen LogP) is 0.825. The zero-order valence-electron chi connectivity index (χ0n) is 8.93. The molecule has 1 aliphatic rings. The van der Waals surface area contributed by atoms with Gasteiger partial charge in [0.15, 0.2) is 12.0 Å². The Bertz CT molecular complexity index is 447. The fraction of sp³-hybridized carbons (Fsp3) is 0.556. The van der Waals surface area contributed by atoms with E-state index in [2.05, 4.69) is 10.2 Å². The number of nitrogens with one attached hydrogen (secondary N) is 1. The molecule has 1 aliphatic heterocycles. The Kier molecular flexibility index (Phi) is 3.03.